The molecule has 24 heavy (non-hydrogen) atoms. The molecule has 0 amide bonds. The van der Waals surface area contributed by atoms with Crippen LogP contribution in [0.5, 0.6) is 11.5 Å². The molecule has 0 heterocycles. The molecule has 0 saturated heterocycles. The average Bonchev–Trinajstić information content (AvgIpc) is 2.59. The summed E-state index contributed by atoms with van der Waals surface area (Å²) in [6.45, 7) is -0.0265. The second-order valence-corrected chi connectivity index (χ2v) is 5.59. The molecule has 126 valence electrons. The summed E-state index contributed by atoms with van der Waals surface area (Å²) in [4.78, 5) is 22.5. The Balaban J connectivity index is 2.17. The Labute approximate surface area is 146 Å². The van der Waals surface area contributed by atoms with E-state index in [1.54, 1.807) is 18.2 Å². The van der Waals surface area contributed by atoms with Gasteiger partial charge in [-0.15, -0.1) is 0 Å². The number of hydrogen-bond donors (Lipinski definition) is 0. The van der Waals surface area contributed by atoms with Crippen LogP contribution in [0, 0.1) is 10.1 Å². The van der Waals surface area contributed by atoms with Crippen LogP contribution in [0.15, 0.2) is 40.9 Å². The number of carbonyl (C=O) groups excluding carboxylic acids is 1. The Morgan fingerprint density at radius 2 is 1.79 bits per heavy atom. The molecule has 0 radical (unpaired) electrons. The fourth-order valence-corrected chi connectivity index (χ4v) is 2.45. The molecule has 0 aromatic heterocycles. The highest BCUT2D eigenvalue weighted by atomic mass is 79.9. The molecule has 0 aliphatic rings. The van der Waals surface area contributed by atoms with Gasteiger partial charge in [-0.05, 0) is 30.3 Å². The first-order chi connectivity index (χ1) is 11.5. The van der Waals surface area contributed by atoms with Crippen LogP contribution in [-0.2, 0) is 11.3 Å². The van der Waals surface area contributed by atoms with E-state index in [2.05, 4.69) is 15.9 Å². The van der Waals surface area contributed by atoms with Gasteiger partial charge in [0.25, 0.3) is 0 Å². The van der Waals surface area contributed by atoms with Crippen molar-refractivity contribution in [2.75, 3.05) is 14.2 Å². The van der Waals surface area contributed by atoms with Gasteiger partial charge in [-0.1, -0.05) is 15.9 Å². The van der Waals surface area contributed by atoms with Crippen molar-refractivity contribution >= 4 is 27.6 Å². The number of esters is 1. The van der Waals surface area contributed by atoms with Crippen LogP contribution >= 0.6 is 15.9 Å². The average molecular weight is 396 g/mol. The van der Waals surface area contributed by atoms with E-state index in [1.807, 2.05) is 0 Å². The van der Waals surface area contributed by atoms with Crippen LogP contribution in [0.3, 0.4) is 0 Å². The molecule has 0 bridgehead atoms. The van der Waals surface area contributed by atoms with E-state index < -0.39 is 10.9 Å². The molecular formula is C16H14BrNO6. The number of hydrogen-bond acceptors (Lipinski definition) is 6. The minimum absolute atomic E-state index is 0.0265. The van der Waals surface area contributed by atoms with E-state index in [9.17, 15) is 14.9 Å². The Bertz CT molecular complexity index is 777. The van der Waals surface area contributed by atoms with E-state index in [0.29, 0.717) is 11.3 Å². The summed E-state index contributed by atoms with van der Waals surface area (Å²) in [6.07, 6.45) is 0. The van der Waals surface area contributed by atoms with Crippen molar-refractivity contribution in [3.05, 3.63) is 62.1 Å². The summed E-state index contributed by atoms with van der Waals surface area (Å²) in [5, 5.41) is 11.0. The molecule has 0 aliphatic carbocycles. The first-order valence-electron chi connectivity index (χ1n) is 6.78. The molecule has 0 N–H and O–H groups in total. The SMILES string of the molecule is COc1ccc(Br)cc1COC(=O)c1ccc(OC)c([N+](=O)[O-])c1. The highest BCUT2D eigenvalue weighted by molar-refractivity contribution is 9.10. The third kappa shape index (κ3) is 4.02. The summed E-state index contributed by atoms with van der Waals surface area (Å²) >= 11 is 3.33. The molecule has 0 unspecified atom stereocenters. The standard InChI is InChI=1S/C16H14BrNO6/c1-22-14-6-4-12(17)7-11(14)9-24-16(19)10-3-5-15(23-2)13(8-10)18(20)21/h3-8H,9H2,1-2H3. The summed E-state index contributed by atoms with van der Waals surface area (Å²) in [7, 11) is 2.83. The van der Waals surface area contributed by atoms with Crippen molar-refractivity contribution in [3.8, 4) is 11.5 Å². The van der Waals surface area contributed by atoms with E-state index in [1.165, 1.54) is 26.4 Å². The minimum atomic E-state index is -0.678. The molecule has 8 heteroatoms. The van der Waals surface area contributed by atoms with Gasteiger partial charge in [-0.2, -0.15) is 0 Å². The fraction of sp³-hybridized carbons (Fsp3) is 0.188. The third-order valence-corrected chi connectivity index (χ3v) is 3.71. The predicted molar refractivity (Wildman–Crippen MR) is 89.5 cm³/mol. The summed E-state index contributed by atoms with van der Waals surface area (Å²) < 4.78 is 16.1. The maximum Gasteiger partial charge on any atom is 0.338 e. The second kappa shape index (κ2) is 7.78. The van der Waals surface area contributed by atoms with Gasteiger partial charge in [-0.25, -0.2) is 4.79 Å². The first-order valence-corrected chi connectivity index (χ1v) is 7.57. The zero-order valence-electron chi connectivity index (χ0n) is 12.9. The molecule has 2 rings (SSSR count). The topological polar surface area (TPSA) is 87.9 Å². The molecule has 0 spiro atoms. The van der Waals surface area contributed by atoms with E-state index >= 15 is 0 Å². The fourth-order valence-electron chi connectivity index (χ4n) is 2.05. The van der Waals surface area contributed by atoms with Crippen LogP contribution in [0.1, 0.15) is 15.9 Å². The minimum Gasteiger partial charge on any atom is -0.496 e. The molecule has 0 atom stereocenters. The highest BCUT2D eigenvalue weighted by Gasteiger charge is 2.19. The Kier molecular flexibility index (Phi) is 5.75. The van der Waals surface area contributed by atoms with E-state index in [4.69, 9.17) is 14.2 Å². The van der Waals surface area contributed by atoms with Gasteiger partial charge in [0.15, 0.2) is 5.75 Å². The van der Waals surface area contributed by atoms with Gasteiger partial charge >= 0.3 is 11.7 Å². The summed E-state index contributed by atoms with van der Waals surface area (Å²) in [5.41, 5.74) is 0.437. The van der Waals surface area contributed by atoms with Crippen molar-refractivity contribution in [2.24, 2.45) is 0 Å². The quantitative estimate of drug-likeness (QED) is 0.420. The molecule has 0 fully saturated rings. The summed E-state index contributed by atoms with van der Waals surface area (Å²) in [5.74, 6) is -0.0281. The molecule has 0 saturated carbocycles. The van der Waals surface area contributed by atoms with Crippen molar-refractivity contribution in [2.45, 2.75) is 6.61 Å². The molecule has 2 aromatic rings. The third-order valence-electron chi connectivity index (χ3n) is 3.21. The lowest BCUT2D eigenvalue weighted by atomic mass is 10.2. The lowest BCUT2D eigenvalue weighted by Gasteiger charge is -2.10. The van der Waals surface area contributed by atoms with Gasteiger partial charge in [-0.3, -0.25) is 10.1 Å². The van der Waals surface area contributed by atoms with Crippen LogP contribution in [0.25, 0.3) is 0 Å². The van der Waals surface area contributed by atoms with Gasteiger partial charge in [0.2, 0.25) is 0 Å². The lowest BCUT2D eigenvalue weighted by molar-refractivity contribution is -0.385. The van der Waals surface area contributed by atoms with Crippen molar-refractivity contribution < 1.29 is 23.9 Å². The number of methoxy groups -OCH3 is 2. The van der Waals surface area contributed by atoms with Crippen LogP contribution in [-0.4, -0.2) is 25.1 Å². The Hall–Kier alpha value is -2.61. The van der Waals surface area contributed by atoms with Crippen LogP contribution < -0.4 is 9.47 Å². The van der Waals surface area contributed by atoms with E-state index in [0.717, 1.165) is 10.5 Å². The van der Waals surface area contributed by atoms with Crippen LogP contribution in [0.4, 0.5) is 5.69 Å². The maximum atomic E-state index is 12.1. The lowest BCUT2D eigenvalue weighted by Crippen LogP contribution is -2.07. The van der Waals surface area contributed by atoms with Crippen LogP contribution in [0.2, 0.25) is 0 Å². The monoisotopic (exact) mass is 395 g/mol. The normalized spacial score (nSPS) is 10.1. The number of benzene rings is 2. The Morgan fingerprint density at radius 3 is 2.42 bits per heavy atom. The molecule has 2 aromatic carbocycles. The number of nitro groups is 1. The number of nitrogens with zero attached hydrogens (tertiary/aromatic N) is 1. The largest absolute Gasteiger partial charge is 0.496 e. The maximum absolute atomic E-state index is 12.1. The molecule has 7 nitrogen and oxygen atoms in total. The molecule has 0 aliphatic heterocycles. The number of carbonyl (C=O) groups is 1. The van der Waals surface area contributed by atoms with Gasteiger partial charge in [0.1, 0.15) is 12.4 Å². The van der Waals surface area contributed by atoms with Gasteiger partial charge in [0.05, 0.1) is 24.7 Å². The number of rotatable bonds is 6. The zero-order valence-corrected chi connectivity index (χ0v) is 14.5. The van der Waals surface area contributed by atoms with Crippen molar-refractivity contribution in [1.82, 2.24) is 0 Å². The highest BCUT2D eigenvalue weighted by Crippen LogP contribution is 2.28. The predicted octanol–water partition coefficient (Wildman–Crippen LogP) is 3.73. The second-order valence-electron chi connectivity index (χ2n) is 4.68. The zero-order chi connectivity index (χ0) is 17.7. The summed E-state index contributed by atoms with van der Waals surface area (Å²) in [6, 6.07) is 9.20. The molecular weight excluding hydrogens is 382 g/mol. The van der Waals surface area contributed by atoms with Gasteiger partial charge < -0.3 is 14.2 Å². The Morgan fingerprint density at radius 1 is 1.12 bits per heavy atom. The van der Waals surface area contributed by atoms with E-state index in [-0.39, 0.29) is 23.6 Å². The smallest absolute Gasteiger partial charge is 0.338 e. The number of nitro benzene ring substituents is 1. The number of halogens is 1. The van der Waals surface area contributed by atoms with Crippen molar-refractivity contribution in [1.29, 1.82) is 0 Å². The number of ether oxygens (including phenoxy) is 3. The van der Waals surface area contributed by atoms with Gasteiger partial charge in [0, 0.05) is 16.1 Å². The first kappa shape index (κ1) is 17.7. The van der Waals surface area contributed by atoms with Crippen molar-refractivity contribution in [3.63, 3.8) is 0 Å².